The van der Waals surface area contributed by atoms with E-state index in [4.69, 9.17) is 24.7 Å². The molecule has 7 heterocycles. The predicted molar refractivity (Wildman–Crippen MR) is 280 cm³/mol. The van der Waals surface area contributed by atoms with Gasteiger partial charge in [-0.05, 0) is 74.3 Å². The molecular weight excluding hydrogens is 1010 g/mol. The Hall–Kier alpha value is -7.46. The van der Waals surface area contributed by atoms with E-state index in [0.29, 0.717) is 16.6 Å². The fourth-order valence-corrected chi connectivity index (χ4v) is 11.9. The van der Waals surface area contributed by atoms with Crippen LogP contribution in [0.5, 0.6) is 11.5 Å². The number of rotatable bonds is 7. The fraction of sp³-hybridized carbons (Fsp3) is 0.456. The number of benzene rings is 1. The van der Waals surface area contributed by atoms with Crippen LogP contribution in [-0.2, 0) is 23.8 Å². The number of nitrogens with two attached hydrogens (primary N) is 1. The number of hydrogen-bond donors (Lipinski definition) is 6. The van der Waals surface area contributed by atoms with Crippen LogP contribution in [0.2, 0.25) is 0 Å². The lowest BCUT2D eigenvalue weighted by molar-refractivity contribution is -0.144. The van der Waals surface area contributed by atoms with E-state index in [9.17, 15) is 44.4 Å². The second-order valence-corrected chi connectivity index (χ2v) is 21.7. The van der Waals surface area contributed by atoms with E-state index < -0.39 is 123 Å². The number of nitrogens with one attached hydrogen (secondary N) is 1. The number of allylic oxidation sites excluding steroid dienone is 4. The number of phenols is 1. The number of nitrogens with zero attached hydrogens (tertiary/aromatic N) is 3. The van der Waals surface area contributed by atoms with Gasteiger partial charge in [0.05, 0.1) is 65.3 Å². The quantitative estimate of drug-likeness (QED) is 0.177. The van der Waals surface area contributed by atoms with Crippen molar-refractivity contribution in [3.8, 4) is 11.5 Å². The Morgan fingerprint density at radius 2 is 1.62 bits per heavy atom. The number of carbonyl (C=O) groups is 6. The minimum absolute atomic E-state index is 0.00860. The zero-order chi connectivity index (χ0) is 56.7. The Bertz CT molecular complexity index is 3300. The number of aromatic hydroxyl groups is 1. The van der Waals surface area contributed by atoms with E-state index >= 15 is 14.0 Å². The van der Waals surface area contributed by atoms with Gasteiger partial charge in [-0.3, -0.25) is 33.2 Å². The molecule has 3 aromatic rings. The van der Waals surface area contributed by atoms with Crippen LogP contribution in [0, 0.1) is 49.3 Å². The van der Waals surface area contributed by atoms with Crippen LogP contribution in [0.15, 0.2) is 76.7 Å². The first-order chi connectivity index (χ1) is 36.8. The lowest BCUT2D eigenvalue weighted by Gasteiger charge is -2.37. The average molecular weight is 1080 g/mol. The molecule has 2 aliphatic carbocycles. The molecule has 5 aliphatic heterocycles. The SMILES string of the molecule is C=C1/C=C/C=C(/C)C(=O)NC2=C(N3CC4CN(c5c(F)cn6c(=O)c(C(=O)O)cc(C7CC7)c6c5C)CC4C3)C(=O)c3c(c(O)c(C)c4c3C(=O)[C@@](C)(O/C=C/[C@H](OC)[C@@H](C)[C@@H](COC(C)=O)[C@H](N)[C@H](O)[C@H](C)[C@H]1O)O4)C2=O. The Kier molecular flexibility index (Phi) is 14.7. The Balaban J connectivity index is 1.10. The van der Waals surface area contributed by atoms with Gasteiger partial charge in [-0.2, -0.15) is 0 Å². The number of methoxy groups -OCH3 is 1. The number of fused-ring (bicyclic) bond motifs is 16. The van der Waals surface area contributed by atoms with Gasteiger partial charge in [-0.1, -0.05) is 38.7 Å². The van der Waals surface area contributed by atoms with Gasteiger partial charge in [0, 0.05) is 88.0 Å². The third-order valence-electron chi connectivity index (χ3n) is 16.6. The van der Waals surface area contributed by atoms with Crippen LogP contribution in [0.3, 0.4) is 0 Å². The maximum Gasteiger partial charge on any atom is 0.341 e. The fourth-order valence-electron chi connectivity index (χ4n) is 11.9. The first-order valence-corrected chi connectivity index (χ1v) is 25.9. The summed E-state index contributed by atoms with van der Waals surface area (Å²) in [6, 6.07) is 0.284. The van der Waals surface area contributed by atoms with Crippen molar-refractivity contribution in [1.29, 1.82) is 0 Å². The number of carboxylic acids is 1. The van der Waals surface area contributed by atoms with E-state index in [1.54, 1.807) is 25.7 Å². The van der Waals surface area contributed by atoms with E-state index in [-0.39, 0.29) is 89.9 Å². The number of aromatic nitrogens is 1. The Labute approximate surface area is 448 Å². The zero-order valence-corrected chi connectivity index (χ0v) is 44.5. The van der Waals surface area contributed by atoms with E-state index in [2.05, 4.69) is 11.9 Å². The molecule has 0 radical (unpaired) electrons. The molecular formula is C57H64FN5O15. The number of likely N-dealkylation sites (tertiary alicyclic amines) is 1. The second kappa shape index (κ2) is 20.7. The van der Waals surface area contributed by atoms with Crippen LogP contribution in [-0.4, -0.2) is 135 Å². The number of carbonyl (C=O) groups excluding carboxylic acids is 5. The Morgan fingerprint density at radius 1 is 0.962 bits per heavy atom. The number of aryl methyl sites for hydroxylation is 1. The van der Waals surface area contributed by atoms with E-state index in [1.165, 1.54) is 65.2 Å². The summed E-state index contributed by atoms with van der Waals surface area (Å²) in [4.78, 5) is 101. The summed E-state index contributed by atoms with van der Waals surface area (Å²) in [5.74, 6) is -12.3. The van der Waals surface area contributed by atoms with Gasteiger partial charge in [0.2, 0.25) is 11.6 Å². The summed E-state index contributed by atoms with van der Waals surface area (Å²) >= 11 is 0. The molecule has 1 amide bonds. The van der Waals surface area contributed by atoms with Crippen molar-refractivity contribution in [1.82, 2.24) is 14.6 Å². The maximum atomic E-state index is 16.4. The molecule has 78 heavy (non-hydrogen) atoms. The summed E-state index contributed by atoms with van der Waals surface area (Å²) in [5, 5.41) is 47.3. The number of phenolic OH excluding ortho intramolecular Hbond substituents is 1. The van der Waals surface area contributed by atoms with Gasteiger partial charge in [0.25, 0.3) is 17.2 Å². The molecule has 2 aromatic heterocycles. The van der Waals surface area contributed by atoms with Crippen molar-refractivity contribution >= 4 is 46.4 Å². The standard InChI is InChI=1S/C57H64FN5O15/c1-24-11-10-12-25(2)54(71)60-43-46(62-20-32-18-61(19-33(32)21-62)45-27(4)44-34(31-13-14-31)17-35(56(73)74)55(72)63(44)22-37(45)58)51(69)39-40(50(43)68)48(66)29(6)52-41(39)53(70)57(8,78-52)77-16-15-38(75-9)26(3)36(23-76-30(7)64)42(59)49(67)28(5)47(24)65/h10-12,15-17,22,26,28,31-33,36,38,42,47,49,65-67H,1,13-14,18-21,23,59H2,2-9H3,(H,60,71)(H,73,74)/b11-10+,16-15+,25-12-/t26-,28+,32?,33?,36+,38-,42-,47-,49+,57-/m0/s1. The van der Waals surface area contributed by atoms with Crippen LogP contribution < -0.4 is 26.2 Å². The number of Topliss-reactive ketones (excluding diaryl/α,β-unsaturated/α-hetero) is 3. The molecule has 5 bridgehead atoms. The smallest absolute Gasteiger partial charge is 0.341 e. The molecule has 10 rings (SSSR count). The predicted octanol–water partition coefficient (Wildman–Crippen LogP) is 4.52. The lowest BCUT2D eigenvalue weighted by atomic mass is 9.77. The Morgan fingerprint density at radius 3 is 2.23 bits per heavy atom. The molecule has 21 heteroatoms. The molecule has 0 spiro atoms. The molecule has 1 saturated carbocycles. The molecule has 414 valence electrons. The number of anilines is 1. The largest absolute Gasteiger partial charge is 0.507 e. The number of ether oxygens (including phenoxy) is 4. The van der Waals surface area contributed by atoms with Crippen molar-refractivity contribution in [2.75, 3.05) is 44.8 Å². The van der Waals surface area contributed by atoms with Crippen molar-refractivity contribution in [2.45, 2.75) is 97.4 Å². The molecule has 3 fully saturated rings. The summed E-state index contributed by atoms with van der Waals surface area (Å²) < 4.78 is 40.9. The topological polar surface area (TPSA) is 286 Å². The highest BCUT2D eigenvalue weighted by Gasteiger charge is 2.54. The van der Waals surface area contributed by atoms with Crippen molar-refractivity contribution < 1.29 is 72.5 Å². The number of pyridine rings is 2. The molecule has 20 nitrogen and oxygen atoms in total. The average Bonchev–Trinajstić information content (AvgIpc) is 4.18. The minimum atomic E-state index is -2.19. The van der Waals surface area contributed by atoms with Crippen molar-refractivity contribution in [2.24, 2.45) is 35.3 Å². The van der Waals surface area contributed by atoms with Crippen LogP contribution in [0.1, 0.15) is 112 Å². The third kappa shape index (κ3) is 9.38. The van der Waals surface area contributed by atoms with Crippen LogP contribution >= 0.6 is 0 Å². The molecule has 7 aliphatic rings. The number of halogens is 1. The number of amides is 1. The summed E-state index contributed by atoms with van der Waals surface area (Å²) in [7, 11) is 1.39. The highest BCUT2D eigenvalue weighted by Crippen LogP contribution is 2.50. The number of aliphatic hydroxyl groups excluding tert-OH is 2. The molecule has 10 atom stereocenters. The van der Waals surface area contributed by atoms with Crippen LogP contribution in [0.25, 0.3) is 5.52 Å². The van der Waals surface area contributed by atoms with E-state index in [0.717, 1.165) is 29.7 Å². The monoisotopic (exact) mass is 1080 g/mol. The number of carboxylic acid groups (broad SMARTS) is 1. The highest BCUT2D eigenvalue weighted by atomic mass is 19.1. The van der Waals surface area contributed by atoms with Crippen LogP contribution in [0.4, 0.5) is 10.1 Å². The highest BCUT2D eigenvalue weighted by molar-refractivity contribution is 6.32. The van der Waals surface area contributed by atoms with Gasteiger partial charge in [-0.15, -0.1) is 0 Å². The van der Waals surface area contributed by atoms with Crippen molar-refractivity contribution in [3.63, 3.8) is 0 Å². The number of ketones is 3. The third-order valence-corrected chi connectivity index (χ3v) is 16.6. The second-order valence-electron chi connectivity index (χ2n) is 21.7. The maximum absolute atomic E-state index is 16.4. The first kappa shape index (κ1) is 55.3. The number of aliphatic hydroxyl groups is 2. The van der Waals surface area contributed by atoms with E-state index in [1.807, 2.05) is 4.90 Å². The van der Waals surface area contributed by atoms with Gasteiger partial charge in [0.1, 0.15) is 28.5 Å². The summed E-state index contributed by atoms with van der Waals surface area (Å²) in [5.41, 5.74) is 5.22. The summed E-state index contributed by atoms with van der Waals surface area (Å²) in [6.07, 6.45) is 5.79. The molecule has 2 unspecified atom stereocenters. The normalized spacial score (nSPS) is 30.2. The van der Waals surface area contributed by atoms with Gasteiger partial charge in [-0.25, -0.2) is 9.18 Å². The minimum Gasteiger partial charge on any atom is -0.507 e. The number of hydrogen-bond acceptors (Lipinski definition) is 17. The number of aromatic carboxylic acids is 1. The molecule has 7 N–H and O–H groups in total. The van der Waals surface area contributed by atoms with Gasteiger partial charge in [0.15, 0.2) is 5.82 Å². The van der Waals surface area contributed by atoms with Crippen molar-refractivity contribution in [3.05, 3.63) is 127 Å². The zero-order valence-electron chi connectivity index (χ0n) is 44.5. The van der Waals surface area contributed by atoms with Gasteiger partial charge < -0.3 is 60.2 Å². The molecule has 2 saturated heterocycles. The van der Waals surface area contributed by atoms with Gasteiger partial charge >= 0.3 is 17.7 Å². The lowest BCUT2D eigenvalue weighted by Crippen LogP contribution is -2.52. The summed E-state index contributed by atoms with van der Waals surface area (Å²) in [6.45, 7) is 14.8. The number of esters is 1. The molecule has 1 aromatic carbocycles. The first-order valence-electron chi connectivity index (χ1n) is 25.9.